The fourth-order valence-corrected chi connectivity index (χ4v) is 4.15. The summed E-state index contributed by atoms with van der Waals surface area (Å²) >= 11 is 0. The Bertz CT molecular complexity index is 1070. The molecule has 0 saturated carbocycles. The van der Waals surface area contributed by atoms with Gasteiger partial charge in [-0.1, -0.05) is 19.1 Å². The van der Waals surface area contributed by atoms with Crippen molar-refractivity contribution in [2.24, 2.45) is 0 Å². The van der Waals surface area contributed by atoms with E-state index in [2.05, 4.69) is 11.8 Å². The standard InChI is InChI=1S/C24H24F3N3O3/c1-3-28-12-14-29(15-13-28)21-20(16-4-10-19(33-2)11-5-16)22(31)30(23(21)32)18-8-6-17(7-9-18)24(25,26)27/h4-11H,3,12-15H2,1-2H3. The molecule has 0 aliphatic carbocycles. The molecule has 2 heterocycles. The monoisotopic (exact) mass is 459 g/mol. The van der Waals surface area contributed by atoms with Gasteiger partial charge >= 0.3 is 6.18 Å². The van der Waals surface area contributed by atoms with Crippen molar-refractivity contribution in [2.45, 2.75) is 13.1 Å². The van der Waals surface area contributed by atoms with E-state index in [1.165, 1.54) is 7.11 Å². The Hall–Kier alpha value is -3.33. The summed E-state index contributed by atoms with van der Waals surface area (Å²) < 4.78 is 44.1. The average Bonchev–Trinajstić information content (AvgIpc) is 3.08. The maximum absolute atomic E-state index is 13.5. The lowest BCUT2D eigenvalue weighted by Crippen LogP contribution is -2.47. The van der Waals surface area contributed by atoms with E-state index in [1.807, 2.05) is 4.90 Å². The molecule has 2 amide bonds. The number of ether oxygens (including phenoxy) is 1. The summed E-state index contributed by atoms with van der Waals surface area (Å²) in [6.07, 6.45) is -4.51. The van der Waals surface area contributed by atoms with Crippen molar-refractivity contribution in [2.75, 3.05) is 44.7 Å². The third-order valence-electron chi connectivity index (χ3n) is 6.03. The van der Waals surface area contributed by atoms with E-state index in [4.69, 9.17) is 4.74 Å². The second-order valence-corrected chi connectivity index (χ2v) is 7.86. The van der Waals surface area contributed by atoms with E-state index >= 15 is 0 Å². The van der Waals surface area contributed by atoms with Crippen LogP contribution < -0.4 is 9.64 Å². The molecule has 2 aromatic rings. The van der Waals surface area contributed by atoms with E-state index in [-0.39, 0.29) is 17.0 Å². The number of piperazine rings is 1. The number of imide groups is 1. The van der Waals surface area contributed by atoms with Crippen molar-refractivity contribution < 1.29 is 27.5 Å². The van der Waals surface area contributed by atoms with Gasteiger partial charge in [-0.15, -0.1) is 0 Å². The molecule has 0 unspecified atom stereocenters. The van der Waals surface area contributed by atoms with Crippen molar-refractivity contribution in [3.8, 4) is 5.75 Å². The van der Waals surface area contributed by atoms with Crippen molar-refractivity contribution in [1.29, 1.82) is 0 Å². The summed E-state index contributed by atoms with van der Waals surface area (Å²) in [5.41, 5.74) is 0.334. The highest BCUT2D eigenvalue weighted by Gasteiger charge is 2.43. The molecule has 2 aromatic carbocycles. The number of hydrogen-bond donors (Lipinski definition) is 0. The van der Waals surface area contributed by atoms with Crippen LogP contribution in [0, 0.1) is 0 Å². The Morgan fingerprint density at radius 2 is 1.48 bits per heavy atom. The van der Waals surface area contributed by atoms with Crippen LogP contribution in [-0.4, -0.2) is 61.4 Å². The van der Waals surface area contributed by atoms with Gasteiger partial charge in [-0.3, -0.25) is 9.59 Å². The van der Waals surface area contributed by atoms with Gasteiger partial charge in [0, 0.05) is 26.2 Å². The fraction of sp³-hybridized carbons (Fsp3) is 0.333. The lowest BCUT2D eigenvalue weighted by molar-refractivity contribution is -0.137. The summed E-state index contributed by atoms with van der Waals surface area (Å²) in [5.74, 6) is -0.484. The molecule has 4 rings (SSSR count). The molecule has 0 aromatic heterocycles. The van der Waals surface area contributed by atoms with Crippen molar-refractivity contribution in [3.05, 3.63) is 65.4 Å². The quantitative estimate of drug-likeness (QED) is 0.640. The Balaban J connectivity index is 1.74. The van der Waals surface area contributed by atoms with Crippen LogP contribution in [0.1, 0.15) is 18.1 Å². The molecule has 1 fully saturated rings. The van der Waals surface area contributed by atoms with Gasteiger partial charge in [-0.05, 0) is 48.5 Å². The second-order valence-electron chi connectivity index (χ2n) is 7.86. The molecule has 6 nitrogen and oxygen atoms in total. The Labute approximate surface area is 189 Å². The lowest BCUT2D eigenvalue weighted by atomic mass is 10.0. The molecule has 0 atom stereocenters. The van der Waals surface area contributed by atoms with Gasteiger partial charge in [0.2, 0.25) is 0 Å². The van der Waals surface area contributed by atoms with E-state index in [0.29, 0.717) is 24.4 Å². The van der Waals surface area contributed by atoms with Crippen molar-refractivity contribution >= 4 is 23.1 Å². The Kier molecular flexibility index (Phi) is 6.16. The maximum atomic E-state index is 13.5. The molecule has 0 bridgehead atoms. The van der Waals surface area contributed by atoms with Gasteiger partial charge in [-0.25, -0.2) is 4.90 Å². The van der Waals surface area contributed by atoms with Gasteiger partial charge in [0.15, 0.2) is 0 Å². The Morgan fingerprint density at radius 1 is 0.879 bits per heavy atom. The maximum Gasteiger partial charge on any atom is 0.416 e. The lowest BCUT2D eigenvalue weighted by Gasteiger charge is -2.36. The number of rotatable bonds is 5. The summed E-state index contributed by atoms with van der Waals surface area (Å²) in [4.78, 5) is 32.1. The van der Waals surface area contributed by atoms with Crippen LogP contribution in [0.2, 0.25) is 0 Å². The zero-order valence-electron chi connectivity index (χ0n) is 18.4. The number of alkyl halides is 3. The smallest absolute Gasteiger partial charge is 0.416 e. The van der Waals surface area contributed by atoms with Gasteiger partial charge in [-0.2, -0.15) is 13.2 Å². The summed E-state index contributed by atoms with van der Waals surface area (Å²) in [5, 5.41) is 0. The van der Waals surface area contributed by atoms with Gasteiger partial charge < -0.3 is 14.5 Å². The third kappa shape index (κ3) is 4.32. The number of benzene rings is 2. The fourth-order valence-electron chi connectivity index (χ4n) is 4.15. The molecule has 0 spiro atoms. The van der Waals surface area contributed by atoms with Crippen LogP contribution >= 0.6 is 0 Å². The molecule has 174 valence electrons. The molecular formula is C24H24F3N3O3. The SMILES string of the molecule is CCN1CCN(C2=C(c3ccc(OC)cc3)C(=O)N(c3ccc(C(F)(F)F)cc3)C2=O)CC1. The summed E-state index contributed by atoms with van der Waals surface area (Å²) in [6.45, 7) is 5.60. The average molecular weight is 459 g/mol. The molecule has 9 heteroatoms. The molecule has 0 N–H and O–H groups in total. The van der Waals surface area contributed by atoms with Crippen LogP contribution in [-0.2, 0) is 15.8 Å². The van der Waals surface area contributed by atoms with Crippen molar-refractivity contribution in [1.82, 2.24) is 9.80 Å². The molecule has 33 heavy (non-hydrogen) atoms. The largest absolute Gasteiger partial charge is 0.497 e. The van der Waals surface area contributed by atoms with Crippen molar-refractivity contribution in [3.63, 3.8) is 0 Å². The highest BCUT2D eigenvalue weighted by atomic mass is 19.4. The third-order valence-corrected chi connectivity index (χ3v) is 6.03. The summed E-state index contributed by atoms with van der Waals surface area (Å²) in [7, 11) is 1.53. The van der Waals surface area contributed by atoms with E-state index < -0.39 is 23.6 Å². The first-order chi connectivity index (χ1) is 15.7. The van der Waals surface area contributed by atoms with Crippen LogP contribution in [0.25, 0.3) is 5.57 Å². The number of halogens is 3. The zero-order valence-corrected chi connectivity index (χ0v) is 18.4. The molecule has 1 saturated heterocycles. The topological polar surface area (TPSA) is 53.1 Å². The number of likely N-dealkylation sites (N-methyl/N-ethyl adjacent to an activating group) is 1. The van der Waals surface area contributed by atoms with Gasteiger partial charge in [0.25, 0.3) is 11.8 Å². The second kappa shape index (κ2) is 8.90. The van der Waals surface area contributed by atoms with Gasteiger partial charge in [0.05, 0.1) is 23.9 Å². The van der Waals surface area contributed by atoms with E-state index in [0.717, 1.165) is 48.8 Å². The van der Waals surface area contributed by atoms with Gasteiger partial charge in [0.1, 0.15) is 11.4 Å². The first kappa shape index (κ1) is 22.8. The highest BCUT2D eigenvalue weighted by molar-refractivity contribution is 6.45. The predicted octanol–water partition coefficient (Wildman–Crippen LogP) is 3.64. The number of amides is 2. The van der Waals surface area contributed by atoms with Crippen LogP contribution in [0.5, 0.6) is 5.75 Å². The number of anilines is 1. The predicted molar refractivity (Wildman–Crippen MR) is 118 cm³/mol. The minimum Gasteiger partial charge on any atom is -0.497 e. The number of hydrogen-bond acceptors (Lipinski definition) is 5. The minimum atomic E-state index is -4.51. The number of carbonyl (C=O) groups excluding carboxylic acids is 2. The minimum absolute atomic E-state index is 0.103. The first-order valence-electron chi connectivity index (χ1n) is 10.7. The highest BCUT2D eigenvalue weighted by Crippen LogP contribution is 2.37. The van der Waals surface area contributed by atoms with Crippen LogP contribution in [0.4, 0.5) is 18.9 Å². The number of nitrogens with zero attached hydrogens (tertiary/aromatic N) is 3. The summed E-state index contributed by atoms with van der Waals surface area (Å²) in [6, 6.07) is 10.9. The first-order valence-corrected chi connectivity index (χ1v) is 10.7. The van der Waals surface area contributed by atoms with Crippen LogP contribution in [0.15, 0.2) is 54.2 Å². The Morgan fingerprint density at radius 3 is 2.00 bits per heavy atom. The number of methoxy groups -OCH3 is 1. The molecule has 0 radical (unpaired) electrons. The normalized spacial score (nSPS) is 17.8. The van der Waals surface area contributed by atoms with Crippen LogP contribution in [0.3, 0.4) is 0 Å². The molecule has 2 aliphatic rings. The number of carbonyl (C=O) groups is 2. The molecular weight excluding hydrogens is 435 g/mol. The van der Waals surface area contributed by atoms with E-state index in [1.54, 1.807) is 24.3 Å². The van der Waals surface area contributed by atoms with E-state index in [9.17, 15) is 22.8 Å². The zero-order chi connectivity index (χ0) is 23.8. The molecule has 2 aliphatic heterocycles.